The second kappa shape index (κ2) is 8.87. The molecule has 1 saturated heterocycles. The first-order valence-corrected chi connectivity index (χ1v) is 12.9. The quantitative estimate of drug-likeness (QED) is 0.410. The van der Waals surface area contributed by atoms with Gasteiger partial charge in [-0.25, -0.2) is 0 Å². The second-order valence-electron chi connectivity index (χ2n) is 9.01. The average Bonchev–Trinajstić information content (AvgIpc) is 3.43. The highest BCUT2D eigenvalue weighted by Crippen LogP contribution is 2.60. The summed E-state index contributed by atoms with van der Waals surface area (Å²) < 4.78 is 5.78. The van der Waals surface area contributed by atoms with E-state index >= 15 is 0 Å². The molecule has 3 aliphatic rings. The van der Waals surface area contributed by atoms with Gasteiger partial charge in [-0.15, -0.1) is 0 Å². The van der Waals surface area contributed by atoms with E-state index < -0.39 is 6.04 Å². The Kier molecular flexibility index (Phi) is 6.07. The molecule has 0 unspecified atom stereocenters. The maximum Gasteiger partial charge on any atom is 0.247 e. The van der Waals surface area contributed by atoms with Crippen LogP contribution in [0.4, 0.5) is 5.69 Å². The topological polar surface area (TPSA) is 75.7 Å². The van der Waals surface area contributed by atoms with Crippen LogP contribution in [0.15, 0.2) is 54.6 Å². The number of amides is 3. The van der Waals surface area contributed by atoms with E-state index in [0.717, 1.165) is 12.0 Å². The largest absolute Gasteiger partial charge is 0.489 e. The van der Waals surface area contributed by atoms with Crippen molar-refractivity contribution in [1.82, 2.24) is 4.90 Å². The van der Waals surface area contributed by atoms with Crippen LogP contribution in [0, 0.1) is 23.7 Å². The predicted octanol–water partition coefficient (Wildman–Crippen LogP) is 4.37. The Labute approximate surface area is 209 Å². The molecule has 2 saturated carbocycles. The van der Waals surface area contributed by atoms with Crippen molar-refractivity contribution in [3.63, 3.8) is 0 Å². The van der Waals surface area contributed by atoms with Gasteiger partial charge in [0.25, 0.3) is 0 Å². The zero-order valence-corrected chi connectivity index (χ0v) is 21.2. The molecule has 0 spiro atoms. The number of rotatable bonds is 6. The number of carbonyl (C=O) groups is 3. The fourth-order valence-corrected chi connectivity index (χ4v) is 7.37. The third kappa shape index (κ3) is 3.91. The van der Waals surface area contributed by atoms with E-state index in [0.29, 0.717) is 18.0 Å². The first kappa shape index (κ1) is 22.6. The van der Waals surface area contributed by atoms with Crippen LogP contribution in [-0.2, 0) is 21.0 Å². The van der Waals surface area contributed by atoms with Crippen molar-refractivity contribution in [2.24, 2.45) is 23.7 Å². The summed E-state index contributed by atoms with van der Waals surface area (Å²) in [5.41, 5.74) is 1.65. The summed E-state index contributed by atoms with van der Waals surface area (Å²) >= 11 is 7.37. The average molecular weight is 576 g/mol. The number of ether oxygens (including phenoxy) is 1. The molecule has 3 amide bonds. The molecule has 33 heavy (non-hydrogen) atoms. The summed E-state index contributed by atoms with van der Waals surface area (Å²) in [5, 5.41) is 2.82. The number of anilines is 1. The second-order valence-corrected chi connectivity index (χ2v) is 11.1. The van der Waals surface area contributed by atoms with Crippen LogP contribution < -0.4 is 10.1 Å². The number of fused-ring (bicyclic) bond motifs is 5. The lowest BCUT2D eigenvalue weighted by atomic mass is 9.81. The zero-order chi connectivity index (χ0) is 23.3. The highest BCUT2D eigenvalue weighted by Gasteiger charge is 2.67. The van der Waals surface area contributed by atoms with Gasteiger partial charge in [0.15, 0.2) is 0 Å². The van der Waals surface area contributed by atoms with Crippen LogP contribution in [0.25, 0.3) is 0 Å². The van der Waals surface area contributed by atoms with Crippen molar-refractivity contribution in [1.29, 1.82) is 0 Å². The van der Waals surface area contributed by atoms with E-state index in [1.165, 1.54) is 4.90 Å². The SMILES string of the molecule is C[C@H](C(=O)Nc1ccc(OCc2ccccc2)cc1)N1C(=O)[C@@H]2[C@H]3C[C@@H]([C@H](Br)[C@@H]3Br)[C@@H]2C1=O. The molecule has 8 heteroatoms. The van der Waals surface area contributed by atoms with Crippen LogP contribution >= 0.6 is 31.9 Å². The molecule has 1 N–H and O–H groups in total. The van der Waals surface area contributed by atoms with Gasteiger partial charge in [0, 0.05) is 15.3 Å². The Hall–Kier alpha value is -2.19. The molecule has 6 nitrogen and oxygen atoms in total. The molecule has 7 atom stereocenters. The number of imide groups is 1. The van der Waals surface area contributed by atoms with Crippen LogP contribution in [0.5, 0.6) is 5.75 Å². The number of likely N-dealkylation sites (tertiary alicyclic amines) is 1. The molecule has 3 fully saturated rings. The van der Waals surface area contributed by atoms with Crippen molar-refractivity contribution in [3.8, 4) is 5.75 Å². The van der Waals surface area contributed by atoms with Crippen LogP contribution in [-0.4, -0.2) is 38.3 Å². The number of halogens is 2. The monoisotopic (exact) mass is 574 g/mol. The van der Waals surface area contributed by atoms with Crippen molar-refractivity contribution >= 4 is 55.3 Å². The smallest absolute Gasteiger partial charge is 0.247 e. The van der Waals surface area contributed by atoms with Crippen molar-refractivity contribution in [2.75, 3.05) is 5.32 Å². The number of alkyl halides is 2. The van der Waals surface area contributed by atoms with Gasteiger partial charge in [-0.05, 0) is 55.0 Å². The first-order chi connectivity index (χ1) is 15.9. The van der Waals surface area contributed by atoms with Crippen molar-refractivity contribution in [2.45, 2.75) is 35.6 Å². The molecule has 1 heterocycles. The highest BCUT2D eigenvalue weighted by atomic mass is 79.9. The van der Waals surface area contributed by atoms with Gasteiger partial charge in [0.05, 0.1) is 11.8 Å². The van der Waals surface area contributed by atoms with Crippen LogP contribution in [0.3, 0.4) is 0 Å². The molecular weight excluding hydrogens is 552 g/mol. The molecule has 2 aromatic carbocycles. The lowest BCUT2D eigenvalue weighted by molar-refractivity contribution is -0.146. The van der Waals surface area contributed by atoms with Crippen molar-refractivity contribution < 1.29 is 19.1 Å². The number of carbonyl (C=O) groups excluding carboxylic acids is 3. The Morgan fingerprint density at radius 2 is 1.58 bits per heavy atom. The Balaban J connectivity index is 1.21. The molecule has 172 valence electrons. The van der Waals surface area contributed by atoms with Crippen molar-refractivity contribution in [3.05, 3.63) is 60.2 Å². The minimum Gasteiger partial charge on any atom is -0.489 e. The Morgan fingerprint density at radius 3 is 2.15 bits per heavy atom. The summed E-state index contributed by atoms with van der Waals surface area (Å²) in [5.74, 6) is -0.509. The zero-order valence-electron chi connectivity index (χ0n) is 18.0. The van der Waals surface area contributed by atoms with Gasteiger partial charge < -0.3 is 10.1 Å². The third-order valence-electron chi connectivity index (χ3n) is 7.16. The van der Waals surface area contributed by atoms with E-state index in [2.05, 4.69) is 37.2 Å². The normalized spacial score (nSPS) is 30.9. The highest BCUT2D eigenvalue weighted by molar-refractivity contribution is 9.12. The molecular formula is C25H24Br2N2O4. The van der Waals surface area contributed by atoms with Gasteiger partial charge in [-0.1, -0.05) is 62.2 Å². The van der Waals surface area contributed by atoms with Gasteiger partial charge in [-0.2, -0.15) is 0 Å². The summed E-state index contributed by atoms with van der Waals surface area (Å²) in [6.45, 7) is 2.07. The van der Waals surface area contributed by atoms with E-state index in [1.807, 2.05) is 30.3 Å². The molecule has 0 aromatic heterocycles. The van der Waals surface area contributed by atoms with Crippen LogP contribution in [0.2, 0.25) is 0 Å². The molecule has 5 rings (SSSR count). The fourth-order valence-electron chi connectivity index (χ4n) is 5.49. The number of nitrogens with zero attached hydrogens (tertiary/aromatic N) is 1. The maximum absolute atomic E-state index is 13.1. The number of benzene rings is 2. The summed E-state index contributed by atoms with van der Waals surface area (Å²) in [6.07, 6.45) is 0.867. The molecule has 1 aliphatic heterocycles. The maximum atomic E-state index is 13.1. The Bertz CT molecular complexity index is 1050. The third-order valence-corrected chi connectivity index (χ3v) is 10.4. The molecule has 0 radical (unpaired) electrons. The minimum atomic E-state index is -0.869. The van der Waals surface area contributed by atoms with Gasteiger partial charge in [-0.3, -0.25) is 19.3 Å². The molecule has 2 aromatic rings. The van der Waals surface area contributed by atoms with E-state index in [1.54, 1.807) is 31.2 Å². The summed E-state index contributed by atoms with van der Waals surface area (Å²) in [6, 6.07) is 16.1. The molecule has 2 bridgehead atoms. The number of hydrogen-bond donors (Lipinski definition) is 1. The standard InChI is InChI=1S/C25H24Br2N2O4/c1-13(29-24(31)19-17-11-18(20(19)25(29)32)22(27)21(17)26)23(30)28-15-7-9-16(10-8-15)33-12-14-5-3-2-4-6-14/h2-10,13,17-22H,11-12H2,1H3,(H,28,30)/t13-,17-,18-,19-,20+,21-,22+/m1/s1. The Morgan fingerprint density at radius 1 is 1.00 bits per heavy atom. The van der Waals surface area contributed by atoms with E-state index in [-0.39, 0.29) is 51.0 Å². The minimum absolute atomic E-state index is 0.129. The number of nitrogens with one attached hydrogen (secondary N) is 1. The first-order valence-electron chi connectivity index (χ1n) is 11.1. The fraction of sp³-hybridized carbons (Fsp3) is 0.400. The summed E-state index contributed by atoms with van der Waals surface area (Å²) in [4.78, 5) is 40.7. The lowest BCUT2D eigenvalue weighted by Gasteiger charge is -2.28. The number of hydrogen-bond acceptors (Lipinski definition) is 4. The lowest BCUT2D eigenvalue weighted by Crippen LogP contribution is -2.46. The van der Waals surface area contributed by atoms with Gasteiger partial charge in [0.1, 0.15) is 18.4 Å². The van der Waals surface area contributed by atoms with E-state index in [4.69, 9.17) is 4.74 Å². The van der Waals surface area contributed by atoms with Gasteiger partial charge in [0.2, 0.25) is 17.7 Å². The van der Waals surface area contributed by atoms with E-state index in [9.17, 15) is 14.4 Å². The summed E-state index contributed by atoms with van der Waals surface area (Å²) in [7, 11) is 0. The van der Waals surface area contributed by atoms with Crippen LogP contribution in [0.1, 0.15) is 18.9 Å². The van der Waals surface area contributed by atoms with Gasteiger partial charge >= 0.3 is 0 Å². The predicted molar refractivity (Wildman–Crippen MR) is 131 cm³/mol. The molecule has 2 aliphatic carbocycles.